The minimum absolute atomic E-state index is 0.0251. The number of hydrogen-bond donors (Lipinski definition) is 1. The zero-order valence-electron chi connectivity index (χ0n) is 16.2. The lowest BCUT2D eigenvalue weighted by Gasteiger charge is -2.29. The van der Waals surface area contributed by atoms with E-state index in [9.17, 15) is 10.1 Å². The summed E-state index contributed by atoms with van der Waals surface area (Å²) in [6.07, 6.45) is 0.418. The van der Waals surface area contributed by atoms with E-state index in [4.69, 9.17) is 24.7 Å². The Morgan fingerprint density at radius 1 is 1.30 bits per heavy atom. The molecule has 2 rings (SSSR count). The number of nitrogens with zero attached hydrogens (tertiary/aromatic N) is 1. The molecule has 0 radical (unpaired) electrons. The molecule has 0 saturated carbocycles. The number of ether oxygens (including phenoxy) is 4. The van der Waals surface area contributed by atoms with Gasteiger partial charge in [-0.05, 0) is 19.9 Å². The number of carbonyl (C=O) groups is 1. The highest BCUT2D eigenvalue weighted by atomic mass is 16.5. The van der Waals surface area contributed by atoms with Crippen molar-refractivity contribution < 1.29 is 23.7 Å². The summed E-state index contributed by atoms with van der Waals surface area (Å²) in [4.78, 5) is 12.7. The van der Waals surface area contributed by atoms with Crippen molar-refractivity contribution in [1.82, 2.24) is 0 Å². The molecule has 144 valence electrons. The standard InChI is InChI=1S/C20H24N2O5/c1-6-14-17(20(23)26-7-2)16(13(10-21)19(22)27-14)12-8-9-15(24-4)11(3)18(12)25-5/h8-9,16H,6-7,22H2,1-5H3/t16-/m1/s1. The highest BCUT2D eigenvalue weighted by molar-refractivity contribution is 5.93. The Kier molecular flexibility index (Phi) is 6.35. The van der Waals surface area contributed by atoms with Crippen LogP contribution in [0.25, 0.3) is 0 Å². The van der Waals surface area contributed by atoms with Crippen molar-refractivity contribution in [2.75, 3.05) is 20.8 Å². The molecule has 27 heavy (non-hydrogen) atoms. The van der Waals surface area contributed by atoms with E-state index in [-0.39, 0.29) is 23.6 Å². The minimum atomic E-state index is -0.752. The number of rotatable bonds is 6. The first kappa shape index (κ1) is 20.2. The molecule has 7 heteroatoms. The van der Waals surface area contributed by atoms with Crippen LogP contribution >= 0.6 is 0 Å². The predicted molar refractivity (Wildman–Crippen MR) is 98.9 cm³/mol. The van der Waals surface area contributed by atoms with Gasteiger partial charge in [0.05, 0.1) is 32.3 Å². The third-order valence-electron chi connectivity index (χ3n) is 4.43. The van der Waals surface area contributed by atoms with Crippen LogP contribution in [0.5, 0.6) is 11.5 Å². The fourth-order valence-electron chi connectivity index (χ4n) is 3.24. The molecule has 7 nitrogen and oxygen atoms in total. The Labute approximate surface area is 159 Å². The number of esters is 1. The summed E-state index contributed by atoms with van der Waals surface area (Å²) in [6.45, 7) is 5.60. The van der Waals surface area contributed by atoms with Crippen LogP contribution in [0.1, 0.15) is 37.3 Å². The average Bonchev–Trinajstić information content (AvgIpc) is 2.66. The number of methoxy groups -OCH3 is 2. The first-order valence-corrected chi connectivity index (χ1v) is 8.64. The lowest BCUT2D eigenvalue weighted by atomic mass is 9.81. The number of carbonyl (C=O) groups excluding carboxylic acids is 1. The SMILES string of the molecule is CCOC(=O)C1=C(CC)OC(N)=C(C#N)[C@H]1c1ccc(OC)c(C)c1OC. The van der Waals surface area contributed by atoms with Crippen LogP contribution in [0, 0.1) is 18.3 Å². The lowest BCUT2D eigenvalue weighted by molar-refractivity contribution is -0.139. The van der Waals surface area contributed by atoms with Gasteiger partial charge in [0.15, 0.2) is 0 Å². The largest absolute Gasteiger partial charge is 0.496 e. The van der Waals surface area contributed by atoms with E-state index in [1.807, 2.05) is 13.8 Å². The van der Waals surface area contributed by atoms with Crippen LogP contribution in [-0.2, 0) is 14.3 Å². The van der Waals surface area contributed by atoms with Crippen LogP contribution < -0.4 is 15.2 Å². The first-order chi connectivity index (χ1) is 12.9. The predicted octanol–water partition coefficient (Wildman–Crippen LogP) is 3.05. The summed E-state index contributed by atoms with van der Waals surface area (Å²) in [5.41, 5.74) is 7.75. The molecule has 1 aromatic carbocycles. The van der Waals surface area contributed by atoms with Gasteiger partial charge in [-0.25, -0.2) is 4.79 Å². The zero-order chi connectivity index (χ0) is 20.1. The summed E-state index contributed by atoms with van der Waals surface area (Å²) < 4.78 is 21.7. The number of hydrogen-bond acceptors (Lipinski definition) is 7. The summed E-state index contributed by atoms with van der Waals surface area (Å²) in [6, 6.07) is 5.60. The van der Waals surface area contributed by atoms with E-state index in [2.05, 4.69) is 6.07 Å². The van der Waals surface area contributed by atoms with Gasteiger partial charge in [0.1, 0.15) is 28.9 Å². The molecule has 0 unspecified atom stereocenters. The van der Waals surface area contributed by atoms with Crippen LogP contribution in [0.15, 0.2) is 34.9 Å². The van der Waals surface area contributed by atoms with Crippen molar-refractivity contribution in [1.29, 1.82) is 5.26 Å². The van der Waals surface area contributed by atoms with Gasteiger partial charge in [0, 0.05) is 17.5 Å². The fraction of sp³-hybridized carbons (Fsp3) is 0.400. The van der Waals surface area contributed by atoms with E-state index >= 15 is 0 Å². The lowest BCUT2D eigenvalue weighted by Crippen LogP contribution is -2.26. The van der Waals surface area contributed by atoms with Crippen LogP contribution in [0.2, 0.25) is 0 Å². The maximum Gasteiger partial charge on any atom is 0.338 e. The van der Waals surface area contributed by atoms with E-state index in [1.165, 1.54) is 7.11 Å². The highest BCUT2D eigenvalue weighted by Gasteiger charge is 2.39. The second-order valence-electron chi connectivity index (χ2n) is 5.85. The van der Waals surface area contributed by atoms with Gasteiger partial charge < -0.3 is 24.7 Å². The van der Waals surface area contributed by atoms with Gasteiger partial charge in [0.2, 0.25) is 5.88 Å². The Morgan fingerprint density at radius 3 is 2.52 bits per heavy atom. The van der Waals surface area contributed by atoms with Gasteiger partial charge >= 0.3 is 5.97 Å². The smallest absolute Gasteiger partial charge is 0.338 e. The van der Waals surface area contributed by atoms with Crippen LogP contribution in [0.3, 0.4) is 0 Å². The molecule has 0 aliphatic carbocycles. The number of benzene rings is 1. The average molecular weight is 372 g/mol. The Balaban J connectivity index is 2.80. The molecule has 0 saturated heterocycles. The number of allylic oxidation sites excluding steroid dienone is 2. The Hall–Kier alpha value is -3.14. The van der Waals surface area contributed by atoms with Crippen molar-refractivity contribution >= 4 is 5.97 Å². The van der Waals surface area contributed by atoms with Crippen molar-refractivity contribution in [3.8, 4) is 17.6 Å². The van der Waals surface area contributed by atoms with Gasteiger partial charge in [-0.15, -0.1) is 0 Å². The molecule has 0 bridgehead atoms. The maximum absolute atomic E-state index is 12.7. The molecule has 0 aromatic heterocycles. The van der Waals surface area contributed by atoms with Gasteiger partial charge in [-0.2, -0.15) is 5.26 Å². The van der Waals surface area contributed by atoms with Crippen molar-refractivity contribution in [2.45, 2.75) is 33.1 Å². The zero-order valence-corrected chi connectivity index (χ0v) is 16.2. The van der Waals surface area contributed by atoms with Crippen LogP contribution in [-0.4, -0.2) is 26.8 Å². The Bertz CT molecular complexity index is 849. The molecular weight excluding hydrogens is 348 g/mol. The highest BCUT2D eigenvalue weighted by Crippen LogP contribution is 2.46. The number of nitriles is 1. The molecule has 1 aliphatic rings. The molecule has 0 amide bonds. The van der Waals surface area contributed by atoms with Gasteiger partial charge in [0.25, 0.3) is 0 Å². The topological polar surface area (TPSA) is 104 Å². The fourth-order valence-corrected chi connectivity index (χ4v) is 3.24. The monoisotopic (exact) mass is 372 g/mol. The molecule has 2 N–H and O–H groups in total. The second kappa shape index (κ2) is 8.49. The maximum atomic E-state index is 12.7. The second-order valence-corrected chi connectivity index (χ2v) is 5.85. The van der Waals surface area contributed by atoms with E-state index in [0.29, 0.717) is 29.2 Å². The van der Waals surface area contributed by atoms with Crippen molar-refractivity contribution in [3.05, 3.63) is 46.0 Å². The Morgan fingerprint density at radius 2 is 2.00 bits per heavy atom. The quantitative estimate of drug-likeness (QED) is 0.765. The van der Waals surface area contributed by atoms with E-state index < -0.39 is 11.9 Å². The summed E-state index contributed by atoms with van der Waals surface area (Å²) in [5, 5.41) is 9.71. The first-order valence-electron chi connectivity index (χ1n) is 8.64. The molecule has 1 heterocycles. The van der Waals surface area contributed by atoms with Crippen molar-refractivity contribution in [2.24, 2.45) is 5.73 Å². The third kappa shape index (κ3) is 3.56. The normalized spacial score (nSPS) is 16.5. The molecular formula is C20H24N2O5. The molecule has 1 atom stereocenters. The summed E-state index contributed by atoms with van der Waals surface area (Å²) >= 11 is 0. The van der Waals surface area contributed by atoms with Crippen molar-refractivity contribution in [3.63, 3.8) is 0 Å². The minimum Gasteiger partial charge on any atom is -0.496 e. The van der Waals surface area contributed by atoms with Gasteiger partial charge in [-0.1, -0.05) is 13.0 Å². The number of nitrogens with two attached hydrogens (primary N) is 1. The molecule has 1 aromatic rings. The van der Waals surface area contributed by atoms with E-state index in [0.717, 1.165) is 5.56 Å². The summed E-state index contributed by atoms with van der Waals surface area (Å²) in [5.74, 6) is 0.204. The van der Waals surface area contributed by atoms with E-state index in [1.54, 1.807) is 26.2 Å². The third-order valence-corrected chi connectivity index (χ3v) is 4.43. The summed E-state index contributed by atoms with van der Waals surface area (Å²) in [7, 11) is 3.09. The molecule has 0 spiro atoms. The van der Waals surface area contributed by atoms with Gasteiger partial charge in [-0.3, -0.25) is 0 Å². The van der Waals surface area contributed by atoms with Crippen LogP contribution in [0.4, 0.5) is 0 Å². The molecule has 0 fully saturated rings. The molecule has 1 aliphatic heterocycles.